The van der Waals surface area contributed by atoms with Crippen molar-refractivity contribution < 1.29 is 27.5 Å². The van der Waals surface area contributed by atoms with Crippen LogP contribution < -0.4 is 10.2 Å². The highest BCUT2D eigenvalue weighted by Gasteiger charge is 2.34. The zero-order valence-electron chi connectivity index (χ0n) is 17.3. The Kier molecular flexibility index (Phi) is 6.84. The van der Waals surface area contributed by atoms with Gasteiger partial charge in [-0.2, -0.15) is 13.2 Å². The molecule has 0 saturated carbocycles. The number of carbonyl (C=O) groups is 2. The number of anilines is 2. The minimum atomic E-state index is -4.54. The maximum atomic E-state index is 13.1. The number of benzene rings is 2. The number of nitrogens with zero attached hydrogens (tertiary/aromatic N) is 2. The van der Waals surface area contributed by atoms with E-state index in [0.717, 1.165) is 11.8 Å². The summed E-state index contributed by atoms with van der Waals surface area (Å²) in [4.78, 5) is 28.0. The van der Waals surface area contributed by atoms with Crippen molar-refractivity contribution in [2.24, 2.45) is 0 Å². The number of rotatable bonds is 5. The Morgan fingerprint density at radius 1 is 1.10 bits per heavy atom. The summed E-state index contributed by atoms with van der Waals surface area (Å²) >= 11 is 0. The van der Waals surface area contributed by atoms with E-state index in [1.807, 2.05) is 24.0 Å². The maximum absolute atomic E-state index is 13.1. The predicted octanol–water partition coefficient (Wildman–Crippen LogP) is 3.64. The molecule has 2 aromatic rings. The first-order valence-corrected chi connectivity index (χ1v) is 9.82. The molecule has 166 valence electrons. The van der Waals surface area contributed by atoms with Gasteiger partial charge in [-0.1, -0.05) is 12.1 Å². The zero-order valence-corrected chi connectivity index (χ0v) is 17.3. The monoisotopic (exact) mass is 435 g/mol. The van der Waals surface area contributed by atoms with Gasteiger partial charge in [0.25, 0.3) is 0 Å². The van der Waals surface area contributed by atoms with E-state index in [4.69, 9.17) is 4.74 Å². The first kappa shape index (κ1) is 22.6. The molecule has 3 rings (SSSR count). The Labute approximate surface area is 178 Å². The number of nitrogens with one attached hydrogen (secondary N) is 1. The topological polar surface area (TPSA) is 61.9 Å². The molecular formula is C22H24F3N3O3. The second-order valence-electron chi connectivity index (χ2n) is 7.40. The van der Waals surface area contributed by atoms with Crippen LogP contribution >= 0.6 is 0 Å². The average Bonchev–Trinajstić information content (AvgIpc) is 2.74. The van der Waals surface area contributed by atoms with Gasteiger partial charge in [0.15, 0.2) is 0 Å². The third-order valence-corrected chi connectivity index (χ3v) is 5.27. The van der Waals surface area contributed by atoms with Gasteiger partial charge >= 0.3 is 12.1 Å². The smallest absolute Gasteiger partial charge is 0.418 e. The highest BCUT2D eigenvalue weighted by Crippen LogP contribution is 2.34. The zero-order chi connectivity index (χ0) is 22.6. The molecule has 1 amide bonds. The van der Waals surface area contributed by atoms with Crippen LogP contribution in [0.4, 0.5) is 24.5 Å². The molecule has 1 aliphatic heterocycles. The Balaban J connectivity index is 1.58. The minimum Gasteiger partial charge on any atom is -0.465 e. The fraction of sp³-hybridized carbons (Fsp3) is 0.364. The third kappa shape index (κ3) is 5.55. The molecule has 0 spiro atoms. The lowest BCUT2D eigenvalue weighted by molar-refractivity contribution is -0.137. The van der Waals surface area contributed by atoms with Crippen LogP contribution in [0, 0.1) is 0 Å². The van der Waals surface area contributed by atoms with Gasteiger partial charge in [0.2, 0.25) is 5.91 Å². The predicted molar refractivity (Wildman–Crippen MR) is 111 cm³/mol. The molecule has 31 heavy (non-hydrogen) atoms. The van der Waals surface area contributed by atoms with Crippen molar-refractivity contribution in [3.8, 4) is 0 Å². The van der Waals surface area contributed by atoms with Crippen LogP contribution in [0.25, 0.3) is 0 Å². The van der Waals surface area contributed by atoms with Gasteiger partial charge in [-0.05, 0) is 43.3 Å². The maximum Gasteiger partial charge on any atom is 0.418 e. The fourth-order valence-corrected chi connectivity index (χ4v) is 3.60. The van der Waals surface area contributed by atoms with E-state index < -0.39 is 23.6 Å². The number of amides is 1. The van der Waals surface area contributed by atoms with Gasteiger partial charge in [0.1, 0.15) is 0 Å². The summed E-state index contributed by atoms with van der Waals surface area (Å²) in [6.45, 7) is 3.83. The first-order valence-electron chi connectivity index (χ1n) is 9.82. The van der Waals surface area contributed by atoms with Crippen molar-refractivity contribution in [3.63, 3.8) is 0 Å². The fourth-order valence-electron chi connectivity index (χ4n) is 3.60. The van der Waals surface area contributed by atoms with E-state index in [0.29, 0.717) is 25.2 Å². The van der Waals surface area contributed by atoms with Crippen molar-refractivity contribution in [1.29, 1.82) is 0 Å². The van der Waals surface area contributed by atoms with Gasteiger partial charge < -0.3 is 15.0 Å². The molecule has 0 aromatic heterocycles. The van der Waals surface area contributed by atoms with E-state index in [1.54, 1.807) is 12.1 Å². The van der Waals surface area contributed by atoms with Crippen LogP contribution in [0.2, 0.25) is 0 Å². The molecule has 1 N–H and O–H groups in total. The van der Waals surface area contributed by atoms with Gasteiger partial charge in [-0.25, -0.2) is 4.79 Å². The number of hydrogen-bond donors (Lipinski definition) is 1. The minimum absolute atomic E-state index is 0.00246. The molecule has 1 heterocycles. The SMILES string of the molecule is COC(=O)c1ccc(N2CCN(CC(=O)Nc3ccccc3C(F)(F)F)C(C)C2)cc1. The summed E-state index contributed by atoms with van der Waals surface area (Å²) < 4.78 is 44.1. The van der Waals surface area contributed by atoms with Crippen molar-refractivity contribution in [2.45, 2.75) is 19.1 Å². The molecular weight excluding hydrogens is 411 g/mol. The Morgan fingerprint density at radius 3 is 2.39 bits per heavy atom. The van der Waals surface area contributed by atoms with Crippen LogP contribution in [0.1, 0.15) is 22.8 Å². The molecule has 0 aliphatic carbocycles. The number of para-hydroxylation sites is 1. The lowest BCUT2D eigenvalue weighted by Gasteiger charge is -2.40. The molecule has 1 aliphatic rings. The van der Waals surface area contributed by atoms with E-state index in [9.17, 15) is 22.8 Å². The van der Waals surface area contributed by atoms with E-state index >= 15 is 0 Å². The average molecular weight is 435 g/mol. The molecule has 0 bridgehead atoms. The Hall–Kier alpha value is -3.07. The van der Waals surface area contributed by atoms with Crippen molar-refractivity contribution in [2.75, 3.05) is 43.5 Å². The van der Waals surface area contributed by atoms with Gasteiger partial charge in [-0.15, -0.1) is 0 Å². The van der Waals surface area contributed by atoms with Crippen LogP contribution in [0.5, 0.6) is 0 Å². The van der Waals surface area contributed by atoms with Crippen LogP contribution in [0.3, 0.4) is 0 Å². The number of carbonyl (C=O) groups excluding carboxylic acids is 2. The molecule has 1 fully saturated rings. The summed E-state index contributed by atoms with van der Waals surface area (Å²) in [5.74, 6) is -0.887. The van der Waals surface area contributed by atoms with Gasteiger partial charge in [0.05, 0.1) is 30.5 Å². The van der Waals surface area contributed by atoms with Crippen molar-refractivity contribution >= 4 is 23.3 Å². The van der Waals surface area contributed by atoms with Crippen LogP contribution in [-0.4, -0.2) is 56.1 Å². The van der Waals surface area contributed by atoms with Gasteiger partial charge in [0, 0.05) is 31.4 Å². The highest BCUT2D eigenvalue weighted by atomic mass is 19.4. The van der Waals surface area contributed by atoms with E-state index in [1.165, 1.54) is 25.3 Å². The number of piperazine rings is 1. The molecule has 6 nitrogen and oxygen atoms in total. The summed E-state index contributed by atoms with van der Waals surface area (Å²) in [5, 5.41) is 2.39. The van der Waals surface area contributed by atoms with Gasteiger partial charge in [-0.3, -0.25) is 9.69 Å². The lowest BCUT2D eigenvalue weighted by Crippen LogP contribution is -2.53. The molecule has 0 radical (unpaired) electrons. The Bertz CT molecular complexity index is 932. The molecule has 9 heteroatoms. The highest BCUT2D eigenvalue weighted by molar-refractivity contribution is 5.93. The quantitative estimate of drug-likeness (QED) is 0.727. The second kappa shape index (κ2) is 9.38. The van der Waals surface area contributed by atoms with Crippen molar-refractivity contribution in [1.82, 2.24) is 4.90 Å². The number of esters is 1. The Morgan fingerprint density at radius 2 is 1.77 bits per heavy atom. The summed E-state index contributed by atoms with van der Waals surface area (Å²) in [7, 11) is 1.33. The number of methoxy groups -OCH3 is 1. The summed E-state index contributed by atoms with van der Waals surface area (Å²) in [6.07, 6.45) is -4.54. The summed E-state index contributed by atoms with van der Waals surface area (Å²) in [5.41, 5.74) is 0.310. The van der Waals surface area contributed by atoms with E-state index in [2.05, 4.69) is 10.2 Å². The van der Waals surface area contributed by atoms with E-state index in [-0.39, 0.29) is 18.3 Å². The van der Waals surface area contributed by atoms with Crippen LogP contribution in [-0.2, 0) is 15.7 Å². The number of hydrogen-bond acceptors (Lipinski definition) is 5. The summed E-state index contributed by atoms with van der Waals surface area (Å²) in [6, 6.07) is 12.0. The first-order chi connectivity index (χ1) is 14.7. The number of alkyl halides is 3. The second-order valence-corrected chi connectivity index (χ2v) is 7.40. The molecule has 1 unspecified atom stereocenters. The lowest BCUT2D eigenvalue weighted by atomic mass is 10.1. The number of ether oxygens (including phenoxy) is 1. The largest absolute Gasteiger partial charge is 0.465 e. The van der Waals surface area contributed by atoms with Crippen molar-refractivity contribution in [3.05, 3.63) is 59.7 Å². The third-order valence-electron chi connectivity index (χ3n) is 5.27. The number of halogens is 3. The molecule has 1 atom stereocenters. The van der Waals surface area contributed by atoms with Crippen LogP contribution in [0.15, 0.2) is 48.5 Å². The standard InChI is InChI=1S/C22H24F3N3O3/c1-15-13-28(17-9-7-16(8-10-17)21(30)31-2)12-11-27(15)14-20(29)26-19-6-4-3-5-18(19)22(23,24)25/h3-10,15H,11-14H2,1-2H3,(H,26,29). The normalized spacial score (nSPS) is 17.3. The molecule has 2 aromatic carbocycles. The molecule has 1 saturated heterocycles.